The molecule has 0 spiro atoms. The van der Waals surface area contributed by atoms with E-state index in [-0.39, 0.29) is 5.38 Å². The van der Waals surface area contributed by atoms with E-state index < -0.39 is 0 Å². The van der Waals surface area contributed by atoms with Gasteiger partial charge in [0.25, 0.3) is 0 Å². The van der Waals surface area contributed by atoms with Crippen molar-refractivity contribution in [3.63, 3.8) is 0 Å². The van der Waals surface area contributed by atoms with Crippen LogP contribution in [0.1, 0.15) is 47.8 Å². The van der Waals surface area contributed by atoms with E-state index in [1.807, 2.05) is 0 Å². The summed E-state index contributed by atoms with van der Waals surface area (Å²) in [5.41, 5.74) is 3.51. The molecular weight excluding hydrogens is 312 g/mol. The van der Waals surface area contributed by atoms with Gasteiger partial charge in [0.15, 0.2) is 0 Å². The Morgan fingerprint density at radius 1 is 1.44 bits per heavy atom. The van der Waals surface area contributed by atoms with Crippen LogP contribution < -0.4 is 4.74 Å². The average Bonchev–Trinajstić information content (AvgIpc) is 2.27. The highest BCUT2D eigenvalue weighted by atomic mass is 79.9. The summed E-state index contributed by atoms with van der Waals surface area (Å²) in [4.78, 5) is 0. The Morgan fingerprint density at radius 3 is 2.61 bits per heavy atom. The number of methoxy groups -OCH3 is 1. The van der Waals surface area contributed by atoms with Crippen LogP contribution in [0, 0.1) is 19.8 Å². The number of hydrogen-bond acceptors (Lipinski definition) is 1. The second kappa shape index (κ2) is 5.83. The predicted octanol–water partition coefficient (Wildman–Crippen LogP) is 5.54. The Hall–Kier alpha value is -0.210. The van der Waals surface area contributed by atoms with Crippen molar-refractivity contribution in [1.82, 2.24) is 0 Å². The van der Waals surface area contributed by atoms with E-state index in [9.17, 15) is 0 Å². The van der Waals surface area contributed by atoms with Crippen molar-refractivity contribution in [2.45, 2.75) is 44.9 Å². The van der Waals surface area contributed by atoms with Gasteiger partial charge in [0, 0.05) is 10.0 Å². The minimum Gasteiger partial charge on any atom is -0.496 e. The van der Waals surface area contributed by atoms with E-state index in [1.165, 1.54) is 24.8 Å². The van der Waals surface area contributed by atoms with Crippen LogP contribution in [-0.2, 0) is 0 Å². The van der Waals surface area contributed by atoms with Crippen LogP contribution in [0.3, 0.4) is 0 Å². The van der Waals surface area contributed by atoms with E-state index in [0.717, 1.165) is 33.7 Å². The topological polar surface area (TPSA) is 9.23 Å². The molecule has 1 saturated carbocycles. The monoisotopic (exact) mass is 330 g/mol. The van der Waals surface area contributed by atoms with Gasteiger partial charge < -0.3 is 4.74 Å². The Bertz CT molecular complexity index is 441. The molecule has 0 amide bonds. The fraction of sp³-hybridized carbons (Fsp3) is 0.600. The minimum absolute atomic E-state index is 0.0569. The maximum atomic E-state index is 6.65. The molecule has 0 bridgehead atoms. The molecule has 3 heteroatoms. The largest absolute Gasteiger partial charge is 0.496 e. The van der Waals surface area contributed by atoms with Crippen molar-refractivity contribution in [3.05, 3.63) is 27.2 Å². The number of ether oxygens (including phenoxy) is 1. The van der Waals surface area contributed by atoms with E-state index in [2.05, 4.69) is 35.8 Å². The maximum Gasteiger partial charge on any atom is 0.126 e. The first-order valence-corrected chi connectivity index (χ1v) is 7.75. The number of halogens is 2. The van der Waals surface area contributed by atoms with Crippen LogP contribution in [0.15, 0.2) is 10.5 Å². The van der Waals surface area contributed by atoms with Crippen LogP contribution in [0.5, 0.6) is 5.75 Å². The summed E-state index contributed by atoms with van der Waals surface area (Å²) >= 11 is 10.3. The molecule has 0 saturated heterocycles. The van der Waals surface area contributed by atoms with Crippen molar-refractivity contribution in [2.75, 3.05) is 7.11 Å². The number of benzene rings is 1. The van der Waals surface area contributed by atoms with Gasteiger partial charge in [-0.1, -0.05) is 35.2 Å². The average molecular weight is 332 g/mol. The predicted molar refractivity (Wildman–Crippen MR) is 80.7 cm³/mol. The minimum atomic E-state index is 0.0569. The summed E-state index contributed by atoms with van der Waals surface area (Å²) in [6.07, 6.45) is 5.09. The summed E-state index contributed by atoms with van der Waals surface area (Å²) in [5, 5.41) is 0.0569. The molecule has 0 heterocycles. The Labute approximate surface area is 123 Å². The maximum absolute atomic E-state index is 6.65. The van der Waals surface area contributed by atoms with Crippen LogP contribution in [0.2, 0.25) is 0 Å². The third kappa shape index (κ3) is 2.70. The Morgan fingerprint density at radius 2 is 2.11 bits per heavy atom. The molecule has 0 N–H and O–H groups in total. The number of hydrogen-bond donors (Lipinski definition) is 0. The first-order valence-electron chi connectivity index (χ1n) is 6.52. The lowest BCUT2D eigenvalue weighted by Gasteiger charge is -2.29. The second-order valence-electron chi connectivity index (χ2n) is 5.25. The summed E-state index contributed by atoms with van der Waals surface area (Å²) in [7, 11) is 1.73. The lowest BCUT2D eigenvalue weighted by molar-refractivity contribution is 0.291. The number of aryl methyl sites for hydroxylation is 1. The molecule has 1 nitrogen and oxygen atoms in total. The molecule has 1 aliphatic carbocycles. The molecule has 1 aromatic carbocycles. The zero-order valence-electron chi connectivity index (χ0n) is 11.2. The molecule has 18 heavy (non-hydrogen) atoms. The zero-order valence-corrected chi connectivity index (χ0v) is 13.6. The first kappa shape index (κ1) is 14.2. The third-order valence-corrected chi connectivity index (χ3v) is 5.21. The van der Waals surface area contributed by atoms with Gasteiger partial charge in [-0.05, 0) is 43.4 Å². The molecule has 1 aromatic rings. The third-order valence-electron chi connectivity index (χ3n) is 3.99. The fourth-order valence-corrected chi connectivity index (χ4v) is 3.73. The Kier molecular flexibility index (Phi) is 4.60. The molecule has 1 aliphatic rings. The van der Waals surface area contributed by atoms with E-state index in [4.69, 9.17) is 16.3 Å². The number of alkyl halides is 1. The molecular formula is C15H20BrClO. The van der Waals surface area contributed by atoms with Gasteiger partial charge >= 0.3 is 0 Å². The Balaban J connectivity index is 2.33. The second-order valence-corrected chi connectivity index (χ2v) is 6.63. The van der Waals surface area contributed by atoms with Crippen molar-refractivity contribution in [1.29, 1.82) is 0 Å². The summed E-state index contributed by atoms with van der Waals surface area (Å²) < 4.78 is 6.68. The molecule has 0 aromatic heterocycles. The molecule has 2 rings (SSSR count). The molecule has 100 valence electrons. The zero-order chi connectivity index (χ0) is 13.3. The van der Waals surface area contributed by atoms with Gasteiger partial charge in [0.05, 0.1) is 12.5 Å². The molecule has 0 aliphatic heterocycles. The van der Waals surface area contributed by atoms with Crippen molar-refractivity contribution in [3.8, 4) is 5.75 Å². The lowest BCUT2D eigenvalue weighted by atomic mass is 9.80. The van der Waals surface area contributed by atoms with Gasteiger partial charge in [0.1, 0.15) is 5.75 Å². The van der Waals surface area contributed by atoms with Crippen molar-refractivity contribution >= 4 is 27.5 Å². The lowest BCUT2D eigenvalue weighted by Crippen LogP contribution is -2.14. The van der Waals surface area contributed by atoms with E-state index >= 15 is 0 Å². The van der Waals surface area contributed by atoms with Crippen LogP contribution >= 0.6 is 27.5 Å². The van der Waals surface area contributed by atoms with Crippen LogP contribution in [0.4, 0.5) is 0 Å². The van der Waals surface area contributed by atoms with Gasteiger partial charge in [-0.15, -0.1) is 11.6 Å². The van der Waals surface area contributed by atoms with Gasteiger partial charge in [-0.2, -0.15) is 0 Å². The number of rotatable bonds is 4. The molecule has 1 atom stereocenters. The summed E-state index contributed by atoms with van der Waals surface area (Å²) in [6, 6.07) is 2.10. The highest BCUT2D eigenvalue weighted by Crippen LogP contribution is 2.44. The normalized spacial score (nSPS) is 17.4. The molecule has 1 fully saturated rings. The fourth-order valence-electron chi connectivity index (χ4n) is 2.66. The summed E-state index contributed by atoms with van der Waals surface area (Å²) in [6.45, 7) is 4.18. The van der Waals surface area contributed by atoms with Crippen molar-refractivity contribution in [2.24, 2.45) is 5.92 Å². The standard InChI is InChI=1S/C15H20BrClO/c1-9-7-12(16)10(2)14(15(9)18-3)13(17)8-11-5-4-6-11/h7,11,13H,4-6,8H2,1-3H3. The van der Waals surface area contributed by atoms with Crippen molar-refractivity contribution < 1.29 is 4.74 Å². The SMILES string of the molecule is COc1c(C)cc(Br)c(C)c1C(Cl)CC1CCC1. The van der Waals surface area contributed by atoms with E-state index in [1.54, 1.807) is 7.11 Å². The van der Waals surface area contributed by atoms with Gasteiger partial charge in [0.2, 0.25) is 0 Å². The highest BCUT2D eigenvalue weighted by molar-refractivity contribution is 9.10. The van der Waals surface area contributed by atoms with Crippen LogP contribution in [-0.4, -0.2) is 7.11 Å². The highest BCUT2D eigenvalue weighted by Gasteiger charge is 2.26. The molecule has 0 radical (unpaired) electrons. The van der Waals surface area contributed by atoms with E-state index in [0.29, 0.717) is 0 Å². The van der Waals surface area contributed by atoms with Gasteiger partial charge in [-0.3, -0.25) is 0 Å². The van der Waals surface area contributed by atoms with Gasteiger partial charge in [-0.25, -0.2) is 0 Å². The quantitative estimate of drug-likeness (QED) is 0.658. The smallest absolute Gasteiger partial charge is 0.126 e. The molecule has 1 unspecified atom stereocenters. The summed E-state index contributed by atoms with van der Waals surface area (Å²) in [5.74, 6) is 1.76. The first-order chi connectivity index (χ1) is 8.54. The van der Waals surface area contributed by atoms with Crippen LogP contribution in [0.25, 0.3) is 0 Å².